The molecule has 0 saturated carbocycles. The Kier molecular flexibility index (Phi) is 5.52. The Bertz CT molecular complexity index is 233. The summed E-state index contributed by atoms with van der Waals surface area (Å²) in [6, 6.07) is 0. The molecule has 1 unspecified atom stereocenters. The van der Waals surface area contributed by atoms with E-state index in [2.05, 4.69) is 5.32 Å². The lowest BCUT2D eigenvalue weighted by Gasteiger charge is -2.17. The van der Waals surface area contributed by atoms with Crippen molar-refractivity contribution in [2.24, 2.45) is 0 Å². The molecule has 1 atom stereocenters. The molecule has 1 rings (SSSR count). The van der Waals surface area contributed by atoms with E-state index in [1.165, 1.54) is 0 Å². The highest BCUT2D eigenvalue weighted by atomic mass is 35.5. The molecule has 1 saturated heterocycles. The summed E-state index contributed by atoms with van der Waals surface area (Å²) >= 11 is 5.53. The van der Waals surface area contributed by atoms with E-state index >= 15 is 0 Å². The number of unbranched alkanes of at least 4 members (excludes halogenated alkanes) is 1. The average Bonchev–Trinajstić information content (AvgIpc) is 2.56. The summed E-state index contributed by atoms with van der Waals surface area (Å²) in [5, 5.41) is 2.83. The molecule has 1 N–H and O–H groups in total. The van der Waals surface area contributed by atoms with Gasteiger partial charge in [0.15, 0.2) is 5.79 Å². The van der Waals surface area contributed by atoms with E-state index in [-0.39, 0.29) is 12.0 Å². The van der Waals surface area contributed by atoms with E-state index in [1.54, 1.807) is 0 Å². The molecule has 1 aliphatic heterocycles. The van der Waals surface area contributed by atoms with Crippen LogP contribution in [0.25, 0.3) is 0 Å². The van der Waals surface area contributed by atoms with Crippen LogP contribution in [0.3, 0.4) is 0 Å². The maximum atomic E-state index is 11.4. The SMILES string of the molecule is CC1(C)OCC(CNC(=O)CCCCCl)O1. The van der Waals surface area contributed by atoms with Gasteiger partial charge in [0.1, 0.15) is 6.10 Å². The fourth-order valence-electron chi connectivity index (χ4n) is 1.56. The molecule has 1 fully saturated rings. The highest BCUT2D eigenvalue weighted by Gasteiger charge is 2.32. The molecule has 0 radical (unpaired) electrons. The van der Waals surface area contributed by atoms with Crippen LogP contribution in [0.15, 0.2) is 0 Å². The predicted octanol–water partition coefficient (Wildman–Crippen LogP) is 1.66. The van der Waals surface area contributed by atoms with E-state index in [0.717, 1.165) is 12.8 Å². The molecule has 1 heterocycles. The number of nitrogens with one attached hydrogen (secondary N) is 1. The molecule has 94 valence electrons. The van der Waals surface area contributed by atoms with Crippen molar-refractivity contribution >= 4 is 17.5 Å². The van der Waals surface area contributed by atoms with Gasteiger partial charge in [0, 0.05) is 18.8 Å². The Hall–Kier alpha value is -0.320. The van der Waals surface area contributed by atoms with E-state index in [4.69, 9.17) is 21.1 Å². The van der Waals surface area contributed by atoms with Crippen LogP contribution in [-0.4, -0.2) is 36.8 Å². The van der Waals surface area contributed by atoms with E-state index in [0.29, 0.717) is 25.5 Å². The van der Waals surface area contributed by atoms with Crippen LogP contribution in [0.4, 0.5) is 0 Å². The van der Waals surface area contributed by atoms with Crippen LogP contribution in [0.1, 0.15) is 33.1 Å². The standard InChI is InChI=1S/C11H20ClNO3/c1-11(2)15-8-9(16-11)7-13-10(14)5-3-4-6-12/h9H,3-8H2,1-2H3,(H,13,14). The van der Waals surface area contributed by atoms with Gasteiger partial charge in [0.05, 0.1) is 6.61 Å². The number of alkyl halides is 1. The first-order chi connectivity index (χ1) is 7.53. The number of rotatable bonds is 6. The fourth-order valence-corrected chi connectivity index (χ4v) is 1.75. The number of carbonyl (C=O) groups is 1. The lowest BCUT2D eigenvalue weighted by Crippen LogP contribution is -2.34. The maximum Gasteiger partial charge on any atom is 0.220 e. The minimum Gasteiger partial charge on any atom is -0.353 e. The van der Waals surface area contributed by atoms with Crippen LogP contribution < -0.4 is 5.32 Å². The molecule has 1 amide bonds. The van der Waals surface area contributed by atoms with Gasteiger partial charge in [-0.2, -0.15) is 0 Å². The molecule has 0 aliphatic carbocycles. The summed E-state index contributed by atoms with van der Waals surface area (Å²) in [5.74, 6) is 0.146. The molecule has 0 bridgehead atoms. The molecular formula is C11H20ClNO3. The Morgan fingerprint density at radius 2 is 2.25 bits per heavy atom. The van der Waals surface area contributed by atoms with Gasteiger partial charge in [0.2, 0.25) is 5.91 Å². The normalized spacial score (nSPS) is 23.3. The van der Waals surface area contributed by atoms with Gasteiger partial charge in [-0.3, -0.25) is 4.79 Å². The van der Waals surface area contributed by atoms with Gasteiger partial charge in [-0.15, -0.1) is 11.6 Å². The smallest absolute Gasteiger partial charge is 0.220 e. The molecule has 16 heavy (non-hydrogen) atoms. The third-order valence-electron chi connectivity index (χ3n) is 2.38. The van der Waals surface area contributed by atoms with Gasteiger partial charge < -0.3 is 14.8 Å². The van der Waals surface area contributed by atoms with Gasteiger partial charge in [0.25, 0.3) is 0 Å². The highest BCUT2D eigenvalue weighted by molar-refractivity contribution is 6.17. The molecular weight excluding hydrogens is 230 g/mol. The summed E-state index contributed by atoms with van der Waals surface area (Å²) in [6.45, 7) is 4.79. The summed E-state index contributed by atoms with van der Waals surface area (Å²) in [7, 11) is 0. The van der Waals surface area contributed by atoms with Crippen molar-refractivity contribution in [2.75, 3.05) is 19.0 Å². The second-order valence-electron chi connectivity index (χ2n) is 4.40. The average molecular weight is 250 g/mol. The fraction of sp³-hybridized carbons (Fsp3) is 0.909. The zero-order chi connectivity index (χ0) is 12.0. The number of carbonyl (C=O) groups excluding carboxylic acids is 1. The third kappa shape index (κ3) is 5.14. The van der Waals surface area contributed by atoms with Crippen molar-refractivity contribution in [1.82, 2.24) is 5.32 Å². The van der Waals surface area contributed by atoms with E-state index < -0.39 is 5.79 Å². The Labute approximate surface area is 102 Å². The monoisotopic (exact) mass is 249 g/mol. The summed E-state index contributed by atoms with van der Waals surface area (Å²) in [5.41, 5.74) is 0. The Balaban J connectivity index is 2.08. The highest BCUT2D eigenvalue weighted by Crippen LogP contribution is 2.21. The molecule has 0 aromatic rings. The third-order valence-corrected chi connectivity index (χ3v) is 2.65. The van der Waals surface area contributed by atoms with Crippen molar-refractivity contribution in [3.05, 3.63) is 0 Å². The van der Waals surface area contributed by atoms with Crippen LogP contribution in [0.2, 0.25) is 0 Å². The van der Waals surface area contributed by atoms with Gasteiger partial charge >= 0.3 is 0 Å². The minimum atomic E-state index is -0.520. The van der Waals surface area contributed by atoms with Crippen molar-refractivity contribution in [2.45, 2.75) is 45.0 Å². The Morgan fingerprint density at radius 1 is 1.50 bits per heavy atom. The number of hydrogen-bond donors (Lipinski definition) is 1. The molecule has 1 aliphatic rings. The van der Waals surface area contributed by atoms with Crippen molar-refractivity contribution in [1.29, 1.82) is 0 Å². The van der Waals surface area contributed by atoms with Crippen molar-refractivity contribution in [3.8, 4) is 0 Å². The number of ether oxygens (including phenoxy) is 2. The van der Waals surface area contributed by atoms with Crippen LogP contribution >= 0.6 is 11.6 Å². The molecule has 5 heteroatoms. The zero-order valence-corrected chi connectivity index (χ0v) is 10.7. The molecule has 0 aromatic carbocycles. The molecule has 0 aromatic heterocycles. The summed E-state index contributed by atoms with van der Waals surface area (Å²) in [6.07, 6.45) is 2.21. The van der Waals surface area contributed by atoms with Gasteiger partial charge in [-0.1, -0.05) is 0 Å². The van der Waals surface area contributed by atoms with Crippen molar-refractivity contribution < 1.29 is 14.3 Å². The topological polar surface area (TPSA) is 47.6 Å². The second kappa shape index (κ2) is 6.42. The van der Waals surface area contributed by atoms with Gasteiger partial charge in [-0.25, -0.2) is 0 Å². The first-order valence-corrected chi connectivity index (χ1v) is 6.21. The van der Waals surface area contributed by atoms with Crippen LogP contribution in [0, 0.1) is 0 Å². The zero-order valence-electron chi connectivity index (χ0n) is 9.92. The molecule has 0 spiro atoms. The van der Waals surface area contributed by atoms with Crippen LogP contribution in [0.5, 0.6) is 0 Å². The Morgan fingerprint density at radius 3 is 2.81 bits per heavy atom. The second-order valence-corrected chi connectivity index (χ2v) is 4.78. The number of hydrogen-bond acceptors (Lipinski definition) is 3. The first kappa shape index (κ1) is 13.7. The molecule has 4 nitrogen and oxygen atoms in total. The number of halogens is 1. The van der Waals surface area contributed by atoms with Crippen LogP contribution in [-0.2, 0) is 14.3 Å². The van der Waals surface area contributed by atoms with Crippen molar-refractivity contribution in [3.63, 3.8) is 0 Å². The van der Waals surface area contributed by atoms with E-state index in [1.807, 2.05) is 13.8 Å². The summed E-state index contributed by atoms with van der Waals surface area (Å²) < 4.78 is 11.0. The maximum absolute atomic E-state index is 11.4. The lowest BCUT2D eigenvalue weighted by atomic mass is 10.2. The largest absolute Gasteiger partial charge is 0.353 e. The lowest BCUT2D eigenvalue weighted by molar-refractivity contribution is -0.139. The summed E-state index contributed by atoms with van der Waals surface area (Å²) in [4.78, 5) is 11.4. The van der Waals surface area contributed by atoms with Gasteiger partial charge in [-0.05, 0) is 26.7 Å². The quantitative estimate of drug-likeness (QED) is 0.575. The number of amides is 1. The minimum absolute atomic E-state index is 0.0352. The predicted molar refractivity (Wildman–Crippen MR) is 62.5 cm³/mol. The van der Waals surface area contributed by atoms with E-state index in [9.17, 15) is 4.79 Å². The first-order valence-electron chi connectivity index (χ1n) is 5.68.